The van der Waals surface area contributed by atoms with E-state index in [0.717, 1.165) is 0 Å². The Kier molecular flexibility index (Phi) is 4.32. The van der Waals surface area contributed by atoms with E-state index in [2.05, 4.69) is 0 Å². The van der Waals surface area contributed by atoms with Gasteiger partial charge in [-0.3, -0.25) is 14.9 Å². The Bertz CT molecular complexity index is 548. The van der Waals surface area contributed by atoms with Crippen LogP contribution < -0.4 is 0 Å². The summed E-state index contributed by atoms with van der Waals surface area (Å²) in [4.78, 5) is 23.1. The molecule has 0 spiro atoms. The molecule has 1 aromatic carbocycles. The monoisotopic (exact) mass is 273 g/mol. The van der Waals surface area contributed by atoms with Gasteiger partial charge in [-0.25, -0.2) is 0 Å². The maximum Gasteiger partial charge on any atom is 0.207 e. The molecule has 0 fully saturated rings. The average Bonchev–Trinajstić information content (AvgIpc) is 2.42. The van der Waals surface area contributed by atoms with Crippen LogP contribution in [0.2, 0.25) is 0 Å². The van der Waals surface area contributed by atoms with Gasteiger partial charge in [-0.1, -0.05) is 41.5 Å². The van der Waals surface area contributed by atoms with Crippen molar-refractivity contribution in [3.63, 3.8) is 0 Å². The highest BCUT2D eigenvalue weighted by molar-refractivity contribution is 5.98. The lowest BCUT2D eigenvalue weighted by Crippen LogP contribution is -2.32. The fourth-order valence-corrected chi connectivity index (χ4v) is 2.89. The molecule has 20 heavy (non-hydrogen) atoms. The Labute approximate surface area is 118 Å². The fourth-order valence-electron chi connectivity index (χ4n) is 2.89. The third-order valence-electron chi connectivity index (χ3n) is 4.17. The summed E-state index contributed by atoms with van der Waals surface area (Å²) in [6, 6.07) is 9.08. The number of nitro groups is 1. The maximum atomic E-state index is 12.6. The van der Waals surface area contributed by atoms with Crippen molar-refractivity contribution in [2.45, 2.75) is 26.7 Å². The molecule has 106 valence electrons. The SMILES string of the molecule is CC1=C(C)CC(C(=O)c2ccccc2)C(C[N+](=O)[O-])C1. The van der Waals surface area contributed by atoms with E-state index < -0.39 is 0 Å². The fraction of sp³-hybridized carbons (Fsp3) is 0.438. The Morgan fingerprint density at radius 2 is 1.80 bits per heavy atom. The normalized spacial score (nSPS) is 22.7. The standard InChI is InChI=1S/C16H19NO3/c1-11-8-14(10-17(19)20)15(9-12(11)2)16(18)13-6-4-3-5-7-13/h3-7,14-15H,8-10H2,1-2H3. The molecule has 2 rings (SSSR count). The van der Waals surface area contributed by atoms with Crippen LogP contribution in [-0.4, -0.2) is 17.3 Å². The van der Waals surface area contributed by atoms with E-state index in [-0.39, 0.29) is 29.1 Å². The van der Waals surface area contributed by atoms with Crippen molar-refractivity contribution >= 4 is 5.78 Å². The number of carbonyl (C=O) groups excluding carboxylic acids is 1. The second kappa shape index (κ2) is 5.99. The quantitative estimate of drug-likeness (QED) is 0.365. The van der Waals surface area contributed by atoms with Crippen molar-refractivity contribution in [2.75, 3.05) is 6.54 Å². The van der Waals surface area contributed by atoms with Crippen LogP contribution in [0, 0.1) is 22.0 Å². The number of rotatable bonds is 4. The summed E-state index contributed by atoms with van der Waals surface area (Å²) in [5.74, 6) is -0.433. The third kappa shape index (κ3) is 3.13. The highest BCUT2D eigenvalue weighted by atomic mass is 16.6. The molecule has 0 heterocycles. The number of nitrogens with zero attached hydrogens (tertiary/aromatic N) is 1. The summed E-state index contributed by atoms with van der Waals surface area (Å²) < 4.78 is 0. The minimum atomic E-state index is -0.302. The number of hydrogen-bond acceptors (Lipinski definition) is 3. The van der Waals surface area contributed by atoms with Gasteiger partial charge >= 0.3 is 0 Å². The molecule has 0 saturated carbocycles. The molecule has 1 aliphatic rings. The van der Waals surface area contributed by atoms with Crippen molar-refractivity contribution in [3.8, 4) is 0 Å². The van der Waals surface area contributed by atoms with Crippen LogP contribution in [0.5, 0.6) is 0 Å². The van der Waals surface area contributed by atoms with Gasteiger partial charge in [0.1, 0.15) is 0 Å². The molecule has 0 N–H and O–H groups in total. The van der Waals surface area contributed by atoms with Gasteiger partial charge < -0.3 is 0 Å². The minimum absolute atomic E-state index is 0.0318. The number of allylic oxidation sites excluding steroid dienone is 2. The highest BCUT2D eigenvalue weighted by Crippen LogP contribution is 2.36. The molecular weight excluding hydrogens is 254 g/mol. The summed E-state index contributed by atoms with van der Waals surface area (Å²) in [7, 11) is 0. The molecule has 0 aromatic heterocycles. The Morgan fingerprint density at radius 1 is 1.20 bits per heavy atom. The molecule has 0 aliphatic heterocycles. The van der Waals surface area contributed by atoms with Crippen LogP contribution in [0.15, 0.2) is 41.5 Å². The molecule has 2 unspecified atom stereocenters. The summed E-state index contributed by atoms with van der Waals surface area (Å²) in [6.45, 7) is 3.89. The number of Topliss-reactive ketones (excluding diaryl/α,β-unsaturated/α-hetero) is 1. The van der Waals surface area contributed by atoms with Crippen LogP contribution >= 0.6 is 0 Å². The van der Waals surface area contributed by atoms with Gasteiger partial charge in [0, 0.05) is 22.3 Å². The summed E-state index contributed by atoms with van der Waals surface area (Å²) in [6.07, 6.45) is 1.29. The lowest BCUT2D eigenvalue weighted by molar-refractivity contribution is -0.489. The van der Waals surface area contributed by atoms with Crippen LogP contribution in [0.3, 0.4) is 0 Å². The molecule has 0 amide bonds. The summed E-state index contributed by atoms with van der Waals surface area (Å²) in [5.41, 5.74) is 3.03. The van der Waals surface area contributed by atoms with Crippen LogP contribution in [0.4, 0.5) is 0 Å². The second-order valence-electron chi connectivity index (χ2n) is 5.58. The van der Waals surface area contributed by atoms with Gasteiger partial charge in [-0.05, 0) is 26.7 Å². The first-order chi connectivity index (χ1) is 9.49. The topological polar surface area (TPSA) is 60.2 Å². The smallest absolute Gasteiger partial charge is 0.207 e. The van der Waals surface area contributed by atoms with Crippen LogP contribution in [-0.2, 0) is 0 Å². The first kappa shape index (κ1) is 14.4. The zero-order valence-electron chi connectivity index (χ0n) is 11.8. The summed E-state index contributed by atoms with van der Waals surface area (Å²) in [5, 5.41) is 10.8. The van der Waals surface area contributed by atoms with Gasteiger partial charge in [0.2, 0.25) is 6.54 Å². The van der Waals surface area contributed by atoms with Gasteiger partial charge in [0.25, 0.3) is 0 Å². The molecule has 4 nitrogen and oxygen atoms in total. The predicted molar refractivity (Wildman–Crippen MR) is 77.2 cm³/mol. The van der Waals surface area contributed by atoms with Crippen molar-refractivity contribution in [3.05, 3.63) is 57.2 Å². The van der Waals surface area contributed by atoms with Crippen LogP contribution in [0.25, 0.3) is 0 Å². The molecule has 1 aromatic rings. The average molecular weight is 273 g/mol. The van der Waals surface area contributed by atoms with Gasteiger partial charge in [0.05, 0.1) is 0 Å². The van der Waals surface area contributed by atoms with E-state index in [4.69, 9.17) is 0 Å². The second-order valence-corrected chi connectivity index (χ2v) is 5.58. The van der Waals surface area contributed by atoms with Gasteiger partial charge in [-0.2, -0.15) is 0 Å². The number of benzene rings is 1. The molecule has 2 atom stereocenters. The number of hydrogen-bond donors (Lipinski definition) is 0. The number of carbonyl (C=O) groups is 1. The van der Waals surface area contributed by atoms with E-state index in [1.54, 1.807) is 12.1 Å². The minimum Gasteiger partial charge on any atom is -0.294 e. The first-order valence-electron chi connectivity index (χ1n) is 6.85. The number of ketones is 1. The molecule has 1 aliphatic carbocycles. The van der Waals surface area contributed by atoms with Crippen molar-refractivity contribution < 1.29 is 9.72 Å². The molecule has 4 heteroatoms. The van der Waals surface area contributed by atoms with Crippen molar-refractivity contribution in [2.24, 2.45) is 11.8 Å². The molecule has 0 bridgehead atoms. The van der Waals surface area contributed by atoms with E-state index in [9.17, 15) is 14.9 Å². The van der Waals surface area contributed by atoms with E-state index in [1.807, 2.05) is 32.0 Å². The first-order valence-corrected chi connectivity index (χ1v) is 6.85. The van der Waals surface area contributed by atoms with Crippen molar-refractivity contribution in [1.82, 2.24) is 0 Å². The van der Waals surface area contributed by atoms with Gasteiger partial charge in [0.15, 0.2) is 5.78 Å². The van der Waals surface area contributed by atoms with E-state index in [1.165, 1.54) is 11.1 Å². The van der Waals surface area contributed by atoms with E-state index >= 15 is 0 Å². The Hall–Kier alpha value is -1.97. The largest absolute Gasteiger partial charge is 0.294 e. The Balaban J connectivity index is 2.27. The Morgan fingerprint density at radius 3 is 2.40 bits per heavy atom. The summed E-state index contributed by atoms with van der Waals surface area (Å²) >= 11 is 0. The lowest BCUT2D eigenvalue weighted by atomic mass is 9.73. The third-order valence-corrected chi connectivity index (χ3v) is 4.17. The lowest BCUT2D eigenvalue weighted by Gasteiger charge is -2.29. The molecule has 0 radical (unpaired) electrons. The van der Waals surface area contributed by atoms with Crippen molar-refractivity contribution in [1.29, 1.82) is 0 Å². The van der Waals surface area contributed by atoms with Gasteiger partial charge in [-0.15, -0.1) is 0 Å². The highest BCUT2D eigenvalue weighted by Gasteiger charge is 2.35. The maximum absolute atomic E-state index is 12.6. The van der Waals surface area contributed by atoms with E-state index in [0.29, 0.717) is 18.4 Å². The van der Waals surface area contributed by atoms with Crippen LogP contribution in [0.1, 0.15) is 37.0 Å². The molecular formula is C16H19NO3. The predicted octanol–water partition coefficient (Wildman–Crippen LogP) is 3.51. The molecule has 0 saturated heterocycles. The zero-order chi connectivity index (χ0) is 14.7. The zero-order valence-corrected chi connectivity index (χ0v) is 11.8.